The van der Waals surface area contributed by atoms with Crippen molar-refractivity contribution in [3.05, 3.63) is 21.9 Å². The summed E-state index contributed by atoms with van der Waals surface area (Å²) in [5.74, 6) is -1.04. The second-order valence-corrected chi connectivity index (χ2v) is 5.55. The van der Waals surface area contributed by atoms with Crippen LogP contribution in [0, 0.1) is 6.92 Å². The van der Waals surface area contributed by atoms with Gasteiger partial charge in [0.2, 0.25) is 0 Å². The molecule has 2 heterocycles. The number of piperidine rings is 1. The first-order valence-corrected chi connectivity index (χ1v) is 6.51. The smallest absolute Gasteiger partial charge is 0.326 e. The van der Waals surface area contributed by atoms with Gasteiger partial charge >= 0.3 is 5.97 Å². The number of aryl methyl sites for hydroxylation is 1. The summed E-state index contributed by atoms with van der Waals surface area (Å²) in [6, 6.07) is 3.01. The molecular formula is C12H15NO3S. The monoisotopic (exact) mass is 253 g/mol. The summed E-state index contributed by atoms with van der Waals surface area (Å²) in [6.07, 6.45) is 2.33. The van der Waals surface area contributed by atoms with E-state index in [1.165, 1.54) is 16.2 Å². The van der Waals surface area contributed by atoms with Crippen LogP contribution in [-0.2, 0) is 4.79 Å². The van der Waals surface area contributed by atoms with Gasteiger partial charge in [0.1, 0.15) is 6.04 Å². The average molecular weight is 253 g/mol. The summed E-state index contributed by atoms with van der Waals surface area (Å²) < 4.78 is 0. The molecule has 1 aliphatic heterocycles. The highest BCUT2D eigenvalue weighted by atomic mass is 32.1. The van der Waals surface area contributed by atoms with Crippen molar-refractivity contribution >= 4 is 23.2 Å². The molecule has 92 valence electrons. The topological polar surface area (TPSA) is 57.6 Å². The molecule has 0 spiro atoms. The van der Waals surface area contributed by atoms with Crippen molar-refractivity contribution in [3.8, 4) is 0 Å². The third-order valence-corrected chi connectivity index (χ3v) is 3.99. The van der Waals surface area contributed by atoms with Crippen molar-refractivity contribution < 1.29 is 14.7 Å². The summed E-state index contributed by atoms with van der Waals surface area (Å²) in [4.78, 5) is 26.5. The van der Waals surface area contributed by atoms with Crippen LogP contribution >= 0.6 is 11.3 Å². The second kappa shape index (κ2) is 4.87. The first-order valence-electron chi connectivity index (χ1n) is 5.70. The number of carboxylic acid groups (broad SMARTS) is 1. The van der Waals surface area contributed by atoms with Crippen molar-refractivity contribution in [2.75, 3.05) is 6.54 Å². The molecule has 2 rings (SSSR count). The lowest BCUT2D eigenvalue weighted by Crippen LogP contribution is -2.47. The molecule has 0 aromatic carbocycles. The number of carbonyl (C=O) groups excluding carboxylic acids is 1. The minimum absolute atomic E-state index is 0.143. The van der Waals surface area contributed by atoms with Gasteiger partial charge < -0.3 is 10.0 Å². The number of likely N-dealkylation sites (tertiary alicyclic amines) is 1. The van der Waals surface area contributed by atoms with Gasteiger partial charge in [0, 0.05) is 11.4 Å². The Balaban J connectivity index is 2.19. The van der Waals surface area contributed by atoms with E-state index in [0.717, 1.165) is 17.7 Å². The van der Waals surface area contributed by atoms with Gasteiger partial charge in [-0.15, -0.1) is 11.3 Å². The van der Waals surface area contributed by atoms with Gasteiger partial charge in [-0.05, 0) is 38.3 Å². The van der Waals surface area contributed by atoms with E-state index in [-0.39, 0.29) is 5.91 Å². The number of aliphatic carboxylic acids is 1. The Morgan fingerprint density at radius 2 is 2.18 bits per heavy atom. The average Bonchev–Trinajstić information content (AvgIpc) is 2.75. The van der Waals surface area contributed by atoms with Crippen molar-refractivity contribution in [3.63, 3.8) is 0 Å². The van der Waals surface area contributed by atoms with Crippen LogP contribution < -0.4 is 0 Å². The number of thiophene rings is 1. The maximum atomic E-state index is 12.2. The lowest BCUT2D eigenvalue weighted by Gasteiger charge is -2.32. The number of carbonyl (C=O) groups is 2. The number of carboxylic acids is 1. The summed E-state index contributed by atoms with van der Waals surface area (Å²) in [5, 5.41) is 9.12. The molecule has 1 N–H and O–H groups in total. The summed E-state index contributed by atoms with van der Waals surface area (Å²) in [5.41, 5.74) is 0. The molecule has 1 aromatic heterocycles. The Bertz CT molecular complexity index is 441. The maximum Gasteiger partial charge on any atom is 0.326 e. The van der Waals surface area contributed by atoms with E-state index in [9.17, 15) is 9.59 Å². The lowest BCUT2D eigenvalue weighted by molar-refractivity contribution is -0.143. The van der Waals surface area contributed by atoms with Gasteiger partial charge in [-0.1, -0.05) is 0 Å². The summed E-state index contributed by atoms with van der Waals surface area (Å²) >= 11 is 1.42. The number of rotatable bonds is 2. The Hall–Kier alpha value is -1.36. The lowest BCUT2D eigenvalue weighted by atomic mass is 10.0. The van der Waals surface area contributed by atoms with Crippen LogP contribution in [0.25, 0.3) is 0 Å². The zero-order chi connectivity index (χ0) is 12.4. The molecule has 1 saturated heterocycles. The fraction of sp³-hybridized carbons (Fsp3) is 0.500. The highest BCUT2D eigenvalue weighted by molar-refractivity contribution is 7.13. The molecule has 1 aromatic rings. The van der Waals surface area contributed by atoms with Gasteiger partial charge in [0.25, 0.3) is 5.91 Å². The quantitative estimate of drug-likeness (QED) is 0.878. The highest BCUT2D eigenvalue weighted by Gasteiger charge is 2.32. The minimum atomic E-state index is -0.897. The van der Waals surface area contributed by atoms with E-state index in [2.05, 4.69) is 0 Å². The molecule has 17 heavy (non-hydrogen) atoms. The molecule has 1 atom stereocenters. The first-order chi connectivity index (χ1) is 8.09. The normalized spacial score (nSPS) is 20.3. The predicted octanol–water partition coefficient (Wildman–Crippen LogP) is 2.14. The van der Waals surface area contributed by atoms with Gasteiger partial charge in [0.15, 0.2) is 0 Å². The van der Waals surface area contributed by atoms with Crippen molar-refractivity contribution in [1.82, 2.24) is 4.90 Å². The first kappa shape index (κ1) is 12.1. The molecule has 1 amide bonds. The molecule has 0 radical (unpaired) electrons. The second-order valence-electron chi connectivity index (χ2n) is 4.26. The van der Waals surface area contributed by atoms with Crippen molar-refractivity contribution in [2.24, 2.45) is 0 Å². The number of nitrogens with zero attached hydrogens (tertiary/aromatic N) is 1. The molecule has 0 aliphatic carbocycles. The molecular weight excluding hydrogens is 238 g/mol. The van der Waals surface area contributed by atoms with Crippen LogP contribution in [0.2, 0.25) is 0 Å². The molecule has 0 bridgehead atoms. The van der Waals surface area contributed by atoms with Crippen molar-refractivity contribution in [2.45, 2.75) is 32.2 Å². The maximum absolute atomic E-state index is 12.2. The number of amides is 1. The minimum Gasteiger partial charge on any atom is -0.480 e. The van der Waals surface area contributed by atoms with E-state index in [4.69, 9.17) is 5.11 Å². The fourth-order valence-electron chi connectivity index (χ4n) is 2.12. The van der Waals surface area contributed by atoms with E-state index >= 15 is 0 Å². The molecule has 1 aliphatic rings. The van der Waals surface area contributed by atoms with E-state index < -0.39 is 12.0 Å². The summed E-state index contributed by atoms with van der Waals surface area (Å²) in [6.45, 7) is 2.49. The van der Waals surface area contributed by atoms with Gasteiger partial charge in [-0.25, -0.2) is 4.79 Å². The van der Waals surface area contributed by atoms with Gasteiger partial charge in [0.05, 0.1) is 4.88 Å². The van der Waals surface area contributed by atoms with Crippen LogP contribution in [0.3, 0.4) is 0 Å². The van der Waals surface area contributed by atoms with Gasteiger partial charge in [-0.2, -0.15) is 0 Å². The molecule has 4 nitrogen and oxygen atoms in total. The van der Waals surface area contributed by atoms with Crippen LogP contribution in [0.1, 0.15) is 33.8 Å². The van der Waals surface area contributed by atoms with E-state index in [0.29, 0.717) is 17.8 Å². The van der Waals surface area contributed by atoms with Crippen LogP contribution in [-0.4, -0.2) is 34.5 Å². The Labute approximate surface area is 104 Å². The Kier molecular flexibility index (Phi) is 3.47. The Morgan fingerprint density at radius 1 is 1.41 bits per heavy atom. The fourth-order valence-corrected chi connectivity index (χ4v) is 2.95. The molecule has 0 unspecified atom stereocenters. The van der Waals surface area contributed by atoms with E-state index in [1.54, 1.807) is 6.07 Å². The molecule has 1 fully saturated rings. The van der Waals surface area contributed by atoms with Gasteiger partial charge in [-0.3, -0.25) is 4.79 Å². The number of hydrogen-bond acceptors (Lipinski definition) is 3. The standard InChI is InChI=1S/C12H15NO3S/c1-8-5-6-10(17-8)11(14)13-7-3-2-4-9(13)12(15)16/h5-6,9H,2-4,7H2,1H3,(H,15,16)/t9-/m0/s1. The third kappa shape index (κ3) is 2.49. The molecule has 0 saturated carbocycles. The van der Waals surface area contributed by atoms with E-state index in [1.807, 2.05) is 13.0 Å². The van der Waals surface area contributed by atoms with Crippen LogP contribution in [0.5, 0.6) is 0 Å². The third-order valence-electron chi connectivity index (χ3n) is 3.00. The zero-order valence-corrected chi connectivity index (χ0v) is 10.5. The van der Waals surface area contributed by atoms with Crippen molar-refractivity contribution in [1.29, 1.82) is 0 Å². The predicted molar refractivity (Wildman–Crippen MR) is 65.4 cm³/mol. The van der Waals surface area contributed by atoms with Crippen LogP contribution in [0.4, 0.5) is 0 Å². The SMILES string of the molecule is Cc1ccc(C(=O)N2CCCC[C@H]2C(=O)O)s1. The molecule has 5 heteroatoms. The highest BCUT2D eigenvalue weighted by Crippen LogP contribution is 2.23. The Morgan fingerprint density at radius 3 is 2.76 bits per heavy atom. The van der Waals surface area contributed by atoms with Crippen LogP contribution in [0.15, 0.2) is 12.1 Å². The largest absolute Gasteiger partial charge is 0.480 e. The summed E-state index contributed by atoms with van der Waals surface area (Å²) in [7, 11) is 0. The number of hydrogen-bond donors (Lipinski definition) is 1. The zero-order valence-electron chi connectivity index (χ0n) is 9.68.